The Kier molecular flexibility index (Phi) is 3.58. The number of hydrogen-bond donors (Lipinski definition) is 1. The van der Waals surface area contributed by atoms with E-state index in [4.69, 9.17) is 22.7 Å². The second kappa shape index (κ2) is 5.14. The van der Waals surface area contributed by atoms with Gasteiger partial charge in [-0.05, 0) is 55.0 Å². The predicted octanol–water partition coefficient (Wildman–Crippen LogP) is 3.56. The number of thiocarbonyl (C=S) groups is 1. The minimum Gasteiger partial charge on any atom is -0.457 e. The predicted molar refractivity (Wildman–Crippen MR) is 73.5 cm³/mol. The molecule has 0 amide bonds. The molecule has 0 saturated carbocycles. The van der Waals surface area contributed by atoms with E-state index in [1.165, 1.54) is 12.1 Å². The van der Waals surface area contributed by atoms with Crippen LogP contribution in [0.15, 0.2) is 42.5 Å². The number of nitrogens with two attached hydrogens (primary N) is 1. The second-order valence-corrected chi connectivity index (χ2v) is 4.34. The lowest BCUT2D eigenvalue weighted by molar-refractivity contribution is 0.480. The first-order chi connectivity index (χ1) is 8.56. The summed E-state index contributed by atoms with van der Waals surface area (Å²) >= 11 is 4.93. The minimum absolute atomic E-state index is 0.289. The molecule has 0 saturated heterocycles. The fourth-order valence-electron chi connectivity index (χ4n) is 1.61. The van der Waals surface area contributed by atoms with Crippen LogP contribution >= 0.6 is 12.2 Å². The maximum absolute atomic E-state index is 12.7. The zero-order chi connectivity index (χ0) is 13.1. The fraction of sp³-hybridized carbons (Fsp3) is 0.0714. The molecule has 0 aliphatic heterocycles. The van der Waals surface area contributed by atoms with Crippen molar-refractivity contribution in [3.8, 4) is 11.5 Å². The highest BCUT2D eigenvalue weighted by Crippen LogP contribution is 2.24. The van der Waals surface area contributed by atoms with E-state index in [1.54, 1.807) is 18.2 Å². The lowest BCUT2D eigenvalue weighted by Crippen LogP contribution is -2.10. The molecule has 0 spiro atoms. The van der Waals surface area contributed by atoms with E-state index < -0.39 is 0 Å². The molecule has 0 heterocycles. The highest BCUT2D eigenvalue weighted by molar-refractivity contribution is 7.80. The van der Waals surface area contributed by atoms with E-state index in [2.05, 4.69) is 0 Å². The SMILES string of the molecule is Cc1cc(Oc2ccc(F)cc2)ccc1C(N)=S. The monoisotopic (exact) mass is 261 g/mol. The molecule has 0 aromatic heterocycles. The first-order valence-corrected chi connectivity index (χ1v) is 5.81. The molecule has 0 radical (unpaired) electrons. The summed E-state index contributed by atoms with van der Waals surface area (Å²) in [5.74, 6) is 0.959. The van der Waals surface area contributed by atoms with Gasteiger partial charge in [0.25, 0.3) is 0 Å². The first kappa shape index (κ1) is 12.5. The maximum atomic E-state index is 12.7. The zero-order valence-corrected chi connectivity index (χ0v) is 10.6. The van der Waals surface area contributed by atoms with Crippen molar-refractivity contribution in [1.29, 1.82) is 0 Å². The molecule has 0 unspecified atom stereocenters. The molecule has 4 heteroatoms. The molecule has 0 aliphatic rings. The van der Waals surface area contributed by atoms with Gasteiger partial charge < -0.3 is 10.5 Å². The van der Waals surface area contributed by atoms with Gasteiger partial charge in [0.15, 0.2) is 0 Å². The average molecular weight is 261 g/mol. The Bertz CT molecular complexity index is 581. The Balaban J connectivity index is 2.22. The van der Waals surface area contributed by atoms with Crippen LogP contribution in [0.3, 0.4) is 0 Å². The summed E-state index contributed by atoms with van der Waals surface area (Å²) in [6, 6.07) is 11.3. The summed E-state index contributed by atoms with van der Waals surface area (Å²) < 4.78 is 18.3. The topological polar surface area (TPSA) is 35.2 Å². The van der Waals surface area contributed by atoms with Gasteiger partial charge in [0.2, 0.25) is 0 Å². The maximum Gasteiger partial charge on any atom is 0.127 e. The van der Waals surface area contributed by atoms with Crippen LogP contribution in [0.5, 0.6) is 11.5 Å². The number of rotatable bonds is 3. The van der Waals surface area contributed by atoms with Crippen molar-refractivity contribution in [2.24, 2.45) is 5.73 Å². The van der Waals surface area contributed by atoms with Crippen LogP contribution in [0.25, 0.3) is 0 Å². The van der Waals surface area contributed by atoms with Gasteiger partial charge in [-0.25, -0.2) is 4.39 Å². The van der Waals surface area contributed by atoms with Crippen LogP contribution in [-0.2, 0) is 0 Å². The smallest absolute Gasteiger partial charge is 0.127 e. The molecule has 0 fully saturated rings. The second-order valence-electron chi connectivity index (χ2n) is 3.90. The van der Waals surface area contributed by atoms with Gasteiger partial charge in [-0.3, -0.25) is 0 Å². The van der Waals surface area contributed by atoms with Crippen LogP contribution in [0, 0.1) is 12.7 Å². The minimum atomic E-state index is -0.289. The van der Waals surface area contributed by atoms with Crippen molar-refractivity contribution in [2.75, 3.05) is 0 Å². The number of aryl methyl sites for hydroxylation is 1. The molecule has 2 nitrogen and oxygen atoms in total. The quantitative estimate of drug-likeness (QED) is 0.858. The van der Waals surface area contributed by atoms with Gasteiger partial charge in [-0.15, -0.1) is 0 Å². The number of halogens is 1. The van der Waals surface area contributed by atoms with Crippen molar-refractivity contribution in [3.63, 3.8) is 0 Å². The normalized spacial score (nSPS) is 10.1. The molecular weight excluding hydrogens is 249 g/mol. The summed E-state index contributed by atoms with van der Waals surface area (Å²) in [4.78, 5) is 0.362. The molecule has 2 rings (SSSR count). The van der Waals surface area contributed by atoms with E-state index in [9.17, 15) is 4.39 Å². The Morgan fingerprint density at radius 2 is 1.72 bits per heavy atom. The Hall–Kier alpha value is -1.94. The van der Waals surface area contributed by atoms with Crippen LogP contribution in [-0.4, -0.2) is 4.99 Å². The Morgan fingerprint density at radius 3 is 2.28 bits per heavy atom. The lowest BCUT2D eigenvalue weighted by Gasteiger charge is -2.09. The lowest BCUT2D eigenvalue weighted by atomic mass is 10.1. The Labute approximate surface area is 110 Å². The van der Waals surface area contributed by atoms with Crippen molar-refractivity contribution >= 4 is 17.2 Å². The third-order valence-electron chi connectivity index (χ3n) is 2.51. The van der Waals surface area contributed by atoms with Gasteiger partial charge in [-0.2, -0.15) is 0 Å². The van der Waals surface area contributed by atoms with Crippen LogP contribution in [0.1, 0.15) is 11.1 Å². The standard InChI is InChI=1S/C14H12FNOS/c1-9-8-12(6-7-13(9)14(16)18)17-11-4-2-10(15)3-5-11/h2-8H,1H3,(H2,16,18). The Morgan fingerprint density at radius 1 is 1.11 bits per heavy atom. The molecule has 2 aromatic rings. The van der Waals surface area contributed by atoms with Gasteiger partial charge in [0, 0.05) is 5.56 Å². The third-order valence-corrected chi connectivity index (χ3v) is 2.73. The highest BCUT2D eigenvalue weighted by atomic mass is 32.1. The van der Waals surface area contributed by atoms with Crippen molar-refractivity contribution in [3.05, 3.63) is 59.4 Å². The number of ether oxygens (including phenoxy) is 1. The van der Waals surface area contributed by atoms with E-state index in [0.29, 0.717) is 16.5 Å². The summed E-state index contributed by atoms with van der Waals surface area (Å²) in [5, 5.41) is 0. The molecule has 92 valence electrons. The summed E-state index contributed by atoms with van der Waals surface area (Å²) in [6.07, 6.45) is 0. The number of benzene rings is 2. The van der Waals surface area contributed by atoms with E-state index in [0.717, 1.165) is 11.1 Å². The molecule has 0 atom stereocenters. The average Bonchev–Trinajstić information content (AvgIpc) is 2.32. The molecular formula is C14H12FNOS. The summed E-state index contributed by atoms with van der Waals surface area (Å²) in [7, 11) is 0. The van der Waals surface area contributed by atoms with Crippen LogP contribution in [0.4, 0.5) is 4.39 Å². The summed E-state index contributed by atoms with van der Waals surface area (Å²) in [6.45, 7) is 1.91. The van der Waals surface area contributed by atoms with Gasteiger partial charge in [0.1, 0.15) is 22.3 Å². The van der Waals surface area contributed by atoms with Gasteiger partial charge >= 0.3 is 0 Å². The molecule has 2 N–H and O–H groups in total. The van der Waals surface area contributed by atoms with E-state index in [-0.39, 0.29) is 5.82 Å². The van der Waals surface area contributed by atoms with Gasteiger partial charge in [-0.1, -0.05) is 12.2 Å². The third kappa shape index (κ3) is 2.84. The van der Waals surface area contributed by atoms with Crippen molar-refractivity contribution in [1.82, 2.24) is 0 Å². The van der Waals surface area contributed by atoms with Crippen LogP contribution in [0.2, 0.25) is 0 Å². The molecule has 0 bridgehead atoms. The molecule has 18 heavy (non-hydrogen) atoms. The van der Waals surface area contributed by atoms with Crippen molar-refractivity contribution < 1.29 is 9.13 Å². The zero-order valence-electron chi connectivity index (χ0n) is 9.81. The van der Waals surface area contributed by atoms with Crippen LogP contribution < -0.4 is 10.5 Å². The molecule has 2 aromatic carbocycles. The molecule has 0 aliphatic carbocycles. The fourth-order valence-corrected chi connectivity index (χ4v) is 1.84. The first-order valence-electron chi connectivity index (χ1n) is 5.40. The van der Waals surface area contributed by atoms with Crippen molar-refractivity contribution in [2.45, 2.75) is 6.92 Å². The van der Waals surface area contributed by atoms with E-state index >= 15 is 0 Å². The highest BCUT2D eigenvalue weighted by Gasteiger charge is 2.04. The summed E-state index contributed by atoms with van der Waals surface area (Å²) in [5.41, 5.74) is 7.36. The largest absolute Gasteiger partial charge is 0.457 e. The van der Waals surface area contributed by atoms with Gasteiger partial charge in [0.05, 0.1) is 0 Å². The number of hydrogen-bond acceptors (Lipinski definition) is 2. The van der Waals surface area contributed by atoms with E-state index in [1.807, 2.05) is 19.1 Å².